The number of ether oxygens (including phenoxy) is 3. The average Bonchev–Trinajstić information content (AvgIpc) is 3.30. The fourth-order valence-electron chi connectivity index (χ4n) is 4.88. The van der Waals surface area contributed by atoms with Gasteiger partial charge in [0.25, 0.3) is 0 Å². The van der Waals surface area contributed by atoms with Gasteiger partial charge in [-0.1, -0.05) is 6.07 Å². The van der Waals surface area contributed by atoms with Gasteiger partial charge in [-0.2, -0.15) is 0 Å². The van der Waals surface area contributed by atoms with Crippen LogP contribution in [0.2, 0.25) is 0 Å². The van der Waals surface area contributed by atoms with Crippen molar-refractivity contribution in [3.63, 3.8) is 0 Å². The summed E-state index contributed by atoms with van der Waals surface area (Å²) >= 11 is 0. The summed E-state index contributed by atoms with van der Waals surface area (Å²) < 4.78 is 17.7. The van der Waals surface area contributed by atoms with Gasteiger partial charge in [-0.05, 0) is 63.1 Å². The molecule has 0 radical (unpaired) electrons. The molecule has 1 saturated heterocycles. The van der Waals surface area contributed by atoms with E-state index in [1.807, 2.05) is 45.9 Å². The molecule has 37 heavy (non-hydrogen) atoms. The number of methoxy groups -OCH3 is 2. The van der Waals surface area contributed by atoms with Crippen LogP contribution in [-0.4, -0.2) is 66.1 Å². The van der Waals surface area contributed by atoms with Crippen LogP contribution in [-0.2, 0) is 16.0 Å². The van der Waals surface area contributed by atoms with Gasteiger partial charge in [0.1, 0.15) is 22.7 Å². The van der Waals surface area contributed by atoms with E-state index in [9.17, 15) is 14.7 Å². The molecule has 1 aromatic heterocycles. The second-order valence-electron chi connectivity index (χ2n) is 10.3. The van der Waals surface area contributed by atoms with Crippen molar-refractivity contribution in [1.29, 1.82) is 0 Å². The van der Waals surface area contributed by atoms with Crippen molar-refractivity contribution in [3.05, 3.63) is 58.8 Å². The summed E-state index contributed by atoms with van der Waals surface area (Å²) in [6.07, 6.45) is 1.32. The molecule has 3 aromatic rings. The zero-order valence-electron chi connectivity index (χ0n) is 22.3. The molecular weight excluding hydrogens is 474 g/mol. The molecule has 2 aromatic carbocycles. The van der Waals surface area contributed by atoms with Crippen LogP contribution < -0.4 is 10.1 Å². The third-order valence-corrected chi connectivity index (χ3v) is 6.57. The van der Waals surface area contributed by atoms with E-state index in [1.54, 1.807) is 30.0 Å². The van der Waals surface area contributed by atoms with E-state index in [4.69, 9.17) is 14.2 Å². The molecule has 9 heteroatoms. The number of carbonyl (C=O) groups excluding carboxylic acids is 2. The van der Waals surface area contributed by atoms with E-state index in [1.165, 1.54) is 7.11 Å². The smallest absolute Gasteiger partial charge is 0.419 e. The molecule has 198 valence electrons. The minimum Gasteiger partial charge on any atom is -0.507 e. The number of carbonyl (C=O) groups is 2. The minimum absolute atomic E-state index is 0.0552. The lowest BCUT2D eigenvalue weighted by atomic mass is 9.98. The fraction of sp³-hybridized carbons (Fsp3) is 0.429. The first-order chi connectivity index (χ1) is 17.5. The Morgan fingerprint density at radius 2 is 1.92 bits per heavy atom. The Hall–Kier alpha value is -3.56. The fourth-order valence-corrected chi connectivity index (χ4v) is 4.88. The maximum atomic E-state index is 12.9. The summed E-state index contributed by atoms with van der Waals surface area (Å²) in [5, 5.41) is 14.8. The van der Waals surface area contributed by atoms with Crippen molar-refractivity contribution in [2.45, 2.75) is 45.9 Å². The molecule has 0 aliphatic carbocycles. The van der Waals surface area contributed by atoms with Crippen LogP contribution in [0.1, 0.15) is 53.9 Å². The van der Waals surface area contributed by atoms with Crippen LogP contribution in [0, 0.1) is 6.92 Å². The number of rotatable bonds is 5. The first-order valence-electron chi connectivity index (χ1n) is 12.3. The predicted molar refractivity (Wildman–Crippen MR) is 140 cm³/mol. The van der Waals surface area contributed by atoms with Crippen LogP contribution in [0.3, 0.4) is 0 Å². The zero-order chi connectivity index (χ0) is 26.9. The standard InChI is InChI=1S/C28H35N3O6/c1-17-13-24(35-5)21(19-9-11-31(25(17)19)27(34)37-28(2,3)4)16-30-12-10-29-15-22(30)18-7-8-20(23(32)14-18)26(33)36-6/h7-9,11,13-14,22,29,32H,10,12,15-16H2,1-6H3. The number of esters is 1. The number of benzene rings is 2. The molecule has 2 N–H and O–H groups in total. The van der Waals surface area contributed by atoms with E-state index < -0.39 is 17.7 Å². The van der Waals surface area contributed by atoms with E-state index in [2.05, 4.69) is 10.2 Å². The highest BCUT2D eigenvalue weighted by molar-refractivity contribution is 5.95. The lowest BCUT2D eigenvalue weighted by Gasteiger charge is -2.37. The first-order valence-corrected chi connectivity index (χ1v) is 12.3. The highest BCUT2D eigenvalue weighted by Gasteiger charge is 2.28. The minimum atomic E-state index is -0.611. The molecule has 0 amide bonds. The zero-order valence-corrected chi connectivity index (χ0v) is 22.3. The lowest BCUT2D eigenvalue weighted by molar-refractivity contribution is 0.0542. The van der Waals surface area contributed by atoms with E-state index >= 15 is 0 Å². The highest BCUT2D eigenvalue weighted by atomic mass is 16.6. The van der Waals surface area contributed by atoms with Gasteiger partial charge in [0.05, 0.1) is 19.7 Å². The highest BCUT2D eigenvalue weighted by Crippen LogP contribution is 2.36. The molecule has 0 saturated carbocycles. The Morgan fingerprint density at radius 1 is 1.16 bits per heavy atom. The second kappa shape index (κ2) is 10.4. The van der Waals surface area contributed by atoms with Crippen molar-refractivity contribution in [3.8, 4) is 11.5 Å². The van der Waals surface area contributed by atoms with Gasteiger partial charge in [0.2, 0.25) is 0 Å². The number of fused-ring (bicyclic) bond motifs is 1. The number of hydrogen-bond acceptors (Lipinski definition) is 8. The molecule has 2 heterocycles. The molecule has 9 nitrogen and oxygen atoms in total. The summed E-state index contributed by atoms with van der Waals surface area (Å²) in [6.45, 7) is 10.3. The second-order valence-corrected chi connectivity index (χ2v) is 10.3. The number of nitrogens with zero attached hydrogens (tertiary/aromatic N) is 2. The maximum absolute atomic E-state index is 12.9. The van der Waals surface area contributed by atoms with Gasteiger partial charge in [-0.3, -0.25) is 9.47 Å². The molecule has 1 atom stereocenters. The molecule has 1 aliphatic rings. The lowest BCUT2D eigenvalue weighted by Crippen LogP contribution is -2.45. The monoisotopic (exact) mass is 509 g/mol. The largest absolute Gasteiger partial charge is 0.507 e. The van der Waals surface area contributed by atoms with Crippen molar-refractivity contribution in [2.75, 3.05) is 33.9 Å². The molecule has 1 unspecified atom stereocenters. The molecular formula is C28H35N3O6. The third kappa shape index (κ3) is 5.42. The van der Waals surface area contributed by atoms with Gasteiger partial charge in [-0.15, -0.1) is 0 Å². The number of piperazine rings is 1. The number of aryl methyl sites for hydroxylation is 1. The summed E-state index contributed by atoms with van der Waals surface area (Å²) in [5.41, 5.74) is 3.06. The van der Waals surface area contributed by atoms with Crippen molar-refractivity contribution >= 4 is 23.0 Å². The number of aromatic nitrogens is 1. The summed E-state index contributed by atoms with van der Waals surface area (Å²) in [6, 6.07) is 8.88. The number of phenols is 1. The van der Waals surface area contributed by atoms with Crippen molar-refractivity contribution < 1.29 is 28.9 Å². The van der Waals surface area contributed by atoms with Crippen LogP contribution >= 0.6 is 0 Å². The quantitative estimate of drug-likeness (QED) is 0.489. The van der Waals surface area contributed by atoms with Crippen molar-refractivity contribution in [2.24, 2.45) is 0 Å². The molecule has 0 spiro atoms. The predicted octanol–water partition coefficient (Wildman–Crippen LogP) is 4.38. The van der Waals surface area contributed by atoms with Gasteiger partial charge in [-0.25, -0.2) is 9.59 Å². The molecule has 1 fully saturated rings. The van der Waals surface area contributed by atoms with Crippen LogP contribution in [0.15, 0.2) is 36.5 Å². The van der Waals surface area contributed by atoms with Gasteiger partial charge < -0.3 is 24.6 Å². The SMILES string of the molecule is COC(=O)c1ccc(C2CNCCN2Cc2c(OC)cc(C)c3c2ccn3C(=O)OC(C)(C)C)cc1O. The number of hydrogen-bond donors (Lipinski definition) is 2. The van der Waals surface area contributed by atoms with Crippen molar-refractivity contribution in [1.82, 2.24) is 14.8 Å². The third-order valence-electron chi connectivity index (χ3n) is 6.57. The Labute approximate surface area is 216 Å². The normalized spacial score (nSPS) is 16.5. The summed E-state index contributed by atoms with van der Waals surface area (Å²) in [5.74, 6) is 0.0525. The Kier molecular flexibility index (Phi) is 7.47. The Morgan fingerprint density at radius 3 is 2.57 bits per heavy atom. The molecule has 1 aliphatic heterocycles. The summed E-state index contributed by atoms with van der Waals surface area (Å²) in [7, 11) is 2.93. The van der Waals surface area contributed by atoms with E-state index in [0.717, 1.165) is 46.4 Å². The number of phenolic OH excluding ortho intramolecular Hbond substituents is 1. The summed E-state index contributed by atoms with van der Waals surface area (Å²) in [4.78, 5) is 27.2. The maximum Gasteiger partial charge on any atom is 0.419 e. The van der Waals surface area contributed by atoms with Crippen LogP contribution in [0.25, 0.3) is 10.9 Å². The van der Waals surface area contributed by atoms with Crippen LogP contribution in [0.5, 0.6) is 11.5 Å². The van der Waals surface area contributed by atoms with Gasteiger partial charge in [0.15, 0.2) is 0 Å². The van der Waals surface area contributed by atoms with Crippen LogP contribution in [0.4, 0.5) is 4.79 Å². The Bertz CT molecular complexity index is 1320. The van der Waals surface area contributed by atoms with Gasteiger partial charge in [0, 0.05) is 49.4 Å². The van der Waals surface area contributed by atoms with E-state index in [-0.39, 0.29) is 17.4 Å². The topological polar surface area (TPSA) is 102 Å². The average molecular weight is 510 g/mol. The Balaban J connectivity index is 1.72. The molecule has 0 bridgehead atoms. The van der Waals surface area contributed by atoms with E-state index in [0.29, 0.717) is 13.1 Å². The number of nitrogens with one attached hydrogen (secondary N) is 1. The number of aromatic hydroxyl groups is 1. The molecule has 4 rings (SSSR count). The first kappa shape index (κ1) is 26.5. The van der Waals surface area contributed by atoms with Gasteiger partial charge >= 0.3 is 12.1 Å².